The Balaban J connectivity index is 2.08. The fourth-order valence-corrected chi connectivity index (χ4v) is 2.29. The molecule has 4 heteroatoms. The van der Waals surface area contributed by atoms with Crippen LogP contribution in [0.2, 0.25) is 0 Å². The molecule has 1 saturated carbocycles. The van der Waals surface area contributed by atoms with Crippen molar-refractivity contribution >= 4 is 11.5 Å². The summed E-state index contributed by atoms with van der Waals surface area (Å²) in [7, 11) is 0. The van der Waals surface area contributed by atoms with E-state index in [9.17, 15) is 14.3 Å². The molecule has 1 aromatic carbocycles. The molecule has 0 bridgehead atoms. The molecular formula is C14H18FNO2. The molecule has 0 aromatic heterocycles. The number of carbonyl (C=O) groups is 1. The number of nitrogens with one attached hydrogen (secondary N) is 1. The maximum absolute atomic E-state index is 13.6. The molecule has 98 valence electrons. The van der Waals surface area contributed by atoms with E-state index in [4.69, 9.17) is 0 Å². The summed E-state index contributed by atoms with van der Waals surface area (Å²) in [5, 5.41) is 12.5. The maximum atomic E-state index is 13.6. The number of anilines is 1. The van der Waals surface area contributed by atoms with E-state index in [1.54, 1.807) is 6.07 Å². The first kappa shape index (κ1) is 13.0. The van der Waals surface area contributed by atoms with Gasteiger partial charge in [-0.05, 0) is 50.8 Å². The van der Waals surface area contributed by atoms with Gasteiger partial charge in [-0.3, -0.25) is 4.79 Å². The third kappa shape index (κ3) is 3.07. The number of benzene rings is 1. The number of halogens is 1. The quantitative estimate of drug-likeness (QED) is 0.812. The number of carbonyl (C=O) groups excluding carboxylic acids is 1. The number of aliphatic hydroxyl groups excluding tert-OH is 1. The van der Waals surface area contributed by atoms with E-state index in [1.165, 1.54) is 19.1 Å². The molecule has 0 radical (unpaired) electrons. The van der Waals surface area contributed by atoms with Gasteiger partial charge in [-0.1, -0.05) is 0 Å². The van der Waals surface area contributed by atoms with Crippen LogP contribution in [0.5, 0.6) is 0 Å². The number of aliphatic hydroxyl groups is 1. The zero-order valence-corrected chi connectivity index (χ0v) is 10.4. The van der Waals surface area contributed by atoms with E-state index >= 15 is 0 Å². The molecule has 0 heterocycles. The summed E-state index contributed by atoms with van der Waals surface area (Å²) >= 11 is 0. The van der Waals surface area contributed by atoms with Crippen molar-refractivity contribution in [3.8, 4) is 0 Å². The van der Waals surface area contributed by atoms with Gasteiger partial charge in [0.05, 0.1) is 11.8 Å². The van der Waals surface area contributed by atoms with Gasteiger partial charge >= 0.3 is 0 Å². The van der Waals surface area contributed by atoms with Crippen molar-refractivity contribution in [2.24, 2.45) is 0 Å². The number of hydrogen-bond acceptors (Lipinski definition) is 3. The summed E-state index contributed by atoms with van der Waals surface area (Å²) < 4.78 is 13.6. The van der Waals surface area contributed by atoms with Crippen LogP contribution in [0, 0.1) is 5.82 Å². The van der Waals surface area contributed by atoms with Gasteiger partial charge in [-0.25, -0.2) is 4.39 Å². The standard InChI is InChI=1S/C14H18FNO2/c1-9(17)10-2-7-13(15)14(8-10)16-11-3-5-12(18)6-4-11/h2,7-8,11-12,16,18H,3-6H2,1H3. The van der Waals surface area contributed by atoms with Crippen molar-refractivity contribution in [2.45, 2.75) is 44.8 Å². The molecule has 1 aliphatic rings. The molecule has 0 aliphatic heterocycles. The average Bonchev–Trinajstić information content (AvgIpc) is 2.34. The second kappa shape index (κ2) is 5.48. The van der Waals surface area contributed by atoms with Crippen LogP contribution in [-0.4, -0.2) is 23.0 Å². The molecular weight excluding hydrogens is 233 g/mol. The predicted octanol–water partition coefficient (Wildman–Crippen LogP) is 2.74. The fraction of sp³-hybridized carbons (Fsp3) is 0.500. The second-order valence-electron chi connectivity index (χ2n) is 4.90. The maximum Gasteiger partial charge on any atom is 0.159 e. The Morgan fingerprint density at radius 2 is 2.00 bits per heavy atom. The van der Waals surface area contributed by atoms with Gasteiger partial charge < -0.3 is 10.4 Å². The van der Waals surface area contributed by atoms with E-state index in [0.29, 0.717) is 11.3 Å². The summed E-state index contributed by atoms with van der Waals surface area (Å²) in [5.74, 6) is -0.414. The topological polar surface area (TPSA) is 49.3 Å². The second-order valence-corrected chi connectivity index (χ2v) is 4.90. The van der Waals surface area contributed by atoms with Crippen molar-refractivity contribution in [3.05, 3.63) is 29.6 Å². The van der Waals surface area contributed by atoms with Gasteiger partial charge in [0.25, 0.3) is 0 Å². The third-order valence-corrected chi connectivity index (χ3v) is 3.43. The first-order valence-corrected chi connectivity index (χ1v) is 6.31. The molecule has 2 rings (SSSR count). The molecule has 1 fully saturated rings. The Morgan fingerprint density at radius 3 is 2.61 bits per heavy atom. The van der Waals surface area contributed by atoms with Crippen LogP contribution in [0.15, 0.2) is 18.2 Å². The van der Waals surface area contributed by atoms with Crippen molar-refractivity contribution in [1.29, 1.82) is 0 Å². The van der Waals surface area contributed by atoms with Gasteiger partial charge in [-0.2, -0.15) is 0 Å². The minimum absolute atomic E-state index is 0.0721. The zero-order chi connectivity index (χ0) is 13.1. The lowest BCUT2D eigenvalue weighted by atomic mass is 9.93. The van der Waals surface area contributed by atoms with E-state index in [-0.39, 0.29) is 23.7 Å². The molecule has 0 saturated heterocycles. The molecule has 1 aromatic rings. The van der Waals surface area contributed by atoms with E-state index in [2.05, 4.69) is 5.32 Å². The first-order chi connectivity index (χ1) is 8.56. The highest BCUT2D eigenvalue weighted by Gasteiger charge is 2.20. The summed E-state index contributed by atoms with van der Waals surface area (Å²) in [5.41, 5.74) is 0.888. The minimum atomic E-state index is -0.342. The summed E-state index contributed by atoms with van der Waals surface area (Å²) in [6, 6.07) is 4.54. The van der Waals surface area contributed by atoms with Crippen LogP contribution in [0.3, 0.4) is 0 Å². The molecule has 0 amide bonds. The summed E-state index contributed by atoms with van der Waals surface area (Å²) in [4.78, 5) is 11.3. The summed E-state index contributed by atoms with van der Waals surface area (Å²) in [6.45, 7) is 1.47. The van der Waals surface area contributed by atoms with Crippen LogP contribution in [0.1, 0.15) is 43.0 Å². The van der Waals surface area contributed by atoms with Crippen molar-refractivity contribution in [2.75, 3.05) is 5.32 Å². The monoisotopic (exact) mass is 251 g/mol. The van der Waals surface area contributed by atoms with Crippen LogP contribution < -0.4 is 5.32 Å². The molecule has 1 aliphatic carbocycles. The van der Waals surface area contributed by atoms with E-state index in [0.717, 1.165) is 25.7 Å². The lowest BCUT2D eigenvalue weighted by Crippen LogP contribution is -2.28. The van der Waals surface area contributed by atoms with Crippen LogP contribution >= 0.6 is 0 Å². The van der Waals surface area contributed by atoms with Crippen LogP contribution in [-0.2, 0) is 0 Å². The average molecular weight is 251 g/mol. The van der Waals surface area contributed by atoms with Gasteiger partial charge in [0.1, 0.15) is 5.82 Å². The Labute approximate surface area is 106 Å². The predicted molar refractivity (Wildman–Crippen MR) is 68.3 cm³/mol. The lowest BCUT2D eigenvalue weighted by molar-refractivity contribution is 0.101. The van der Waals surface area contributed by atoms with Crippen LogP contribution in [0.4, 0.5) is 10.1 Å². The van der Waals surface area contributed by atoms with Gasteiger partial charge in [0.15, 0.2) is 5.78 Å². The van der Waals surface area contributed by atoms with Crippen LogP contribution in [0.25, 0.3) is 0 Å². The van der Waals surface area contributed by atoms with E-state index in [1.807, 2.05) is 0 Å². The SMILES string of the molecule is CC(=O)c1ccc(F)c(NC2CCC(O)CC2)c1. The molecule has 2 N–H and O–H groups in total. The Kier molecular flexibility index (Phi) is 3.97. The smallest absolute Gasteiger partial charge is 0.159 e. The highest BCUT2D eigenvalue weighted by Crippen LogP contribution is 2.24. The molecule has 0 atom stereocenters. The highest BCUT2D eigenvalue weighted by molar-refractivity contribution is 5.94. The summed E-state index contributed by atoms with van der Waals surface area (Å²) in [6.07, 6.45) is 2.91. The fourth-order valence-electron chi connectivity index (χ4n) is 2.29. The highest BCUT2D eigenvalue weighted by atomic mass is 19.1. The van der Waals surface area contributed by atoms with Crippen molar-refractivity contribution in [1.82, 2.24) is 0 Å². The number of hydrogen-bond donors (Lipinski definition) is 2. The van der Waals surface area contributed by atoms with Gasteiger partial charge in [0, 0.05) is 11.6 Å². The first-order valence-electron chi connectivity index (χ1n) is 6.31. The van der Waals surface area contributed by atoms with Crippen molar-refractivity contribution < 1.29 is 14.3 Å². The van der Waals surface area contributed by atoms with Gasteiger partial charge in [0.2, 0.25) is 0 Å². The third-order valence-electron chi connectivity index (χ3n) is 3.43. The number of ketones is 1. The lowest BCUT2D eigenvalue weighted by Gasteiger charge is -2.27. The van der Waals surface area contributed by atoms with E-state index < -0.39 is 0 Å². The number of Topliss-reactive ketones (excluding diaryl/α,β-unsaturated/α-hetero) is 1. The molecule has 18 heavy (non-hydrogen) atoms. The number of rotatable bonds is 3. The van der Waals surface area contributed by atoms with Crippen molar-refractivity contribution in [3.63, 3.8) is 0 Å². The largest absolute Gasteiger partial charge is 0.393 e. The Morgan fingerprint density at radius 1 is 1.33 bits per heavy atom. The Hall–Kier alpha value is -1.42. The molecule has 3 nitrogen and oxygen atoms in total. The minimum Gasteiger partial charge on any atom is -0.393 e. The van der Waals surface area contributed by atoms with Gasteiger partial charge in [-0.15, -0.1) is 0 Å². The molecule has 0 spiro atoms. The zero-order valence-electron chi connectivity index (χ0n) is 10.4. The Bertz CT molecular complexity index is 439. The normalized spacial score (nSPS) is 23.7. The molecule has 0 unspecified atom stereocenters.